The topological polar surface area (TPSA) is 47.0 Å². The van der Waals surface area contributed by atoms with Crippen LogP contribution in [0.3, 0.4) is 0 Å². The first kappa shape index (κ1) is 20.9. The molecule has 0 amide bonds. The first-order chi connectivity index (χ1) is 14.9. The molecule has 31 heavy (non-hydrogen) atoms. The van der Waals surface area contributed by atoms with Gasteiger partial charge in [-0.05, 0) is 48.4 Å². The molecule has 4 rings (SSSR count). The van der Waals surface area contributed by atoms with Gasteiger partial charge in [0.25, 0.3) is 0 Å². The Morgan fingerprint density at radius 3 is 2.42 bits per heavy atom. The Bertz CT molecular complexity index is 1190. The molecule has 1 heterocycles. The van der Waals surface area contributed by atoms with Gasteiger partial charge >= 0.3 is 6.18 Å². The lowest BCUT2D eigenvalue weighted by molar-refractivity contribution is -0.137. The molecule has 158 valence electrons. The van der Waals surface area contributed by atoms with Crippen molar-refractivity contribution in [1.82, 2.24) is 10.2 Å². The molecule has 1 N–H and O–H groups in total. The maximum Gasteiger partial charge on any atom is 0.416 e. The fourth-order valence-electron chi connectivity index (χ4n) is 3.02. The second kappa shape index (κ2) is 8.77. The quantitative estimate of drug-likeness (QED) is 0.340. The lowest BCUT2D eigenvalue weighted by atomic mass is 10.1. The second-order valence-electron chi connectivity index (χ2n) is 6.70. The minimum atomic E-state index is -4.42. The van der Waals surface area contributed by atoms with E-state index in [0.717, 1.165) is 29.8 Å². The van der Waals surface area contributed by atoms with E-state index >= 15 is 0 Å². The molecule has 0 saturated carbocycles. The third-order valence-electron chi connectivity index (χ3n) is 4.54. The molecule has 0 saturated heterocycles. The van der Waals surface area contributed by atoms with E-state index in [2.05, 4.69) is 28.5 Å². The summed E-state index contributed by atoms with van der Waals surface area (Å²) in [4.78, 5) is 0. The van der Waals surface area contributed by atoms with Crippen LogP contribution in [0, 0.1) is 0 Å². The van der Waals surface area contributed by atoms with Gasteiger partial charge < -0.3 is 10.1 Å². The Labute approximate surface area is 181 Å². The number of anilines is 2. The lowest BCUT2D eigenvalue weighted by Gasteiger charge is -2.10. The summed E-state index contributed by atoms with van der Waals surface area (Å²) in [6, 6.07) is 19.8. The van der Waals surface area contributed by atoms with E-state index in [0.29, 0.717) is 15.9 Å². The molecular weight excluding hydrogens is 423 g/mol. The Morgan fingerprint density at radius 2 is 1.65 bits per heavy atom. The number of nitrogens with zero attached hydrogens (tertiary/aromatic N) is 2. The van der Waals surface area contributed by atoms with Gasteiger partial charge in [0.2, 0.25) is 5.13 Å². The van der Waals surface area contributed by atoms with Gasteiger partial charge in [0.05, 0.1) is 5.56 Å². The Hall–Kier alpha value is -3.39. The van der Waals surface area contributed by atoms with Gasteiger partial charge in [-0.1, -0.05) is 54.7 Å². The fourth-order valence-corrected chi connectivity index (χ4v) is 3.77. The SMILES string of the molecule is CCc1ccccc1Nc1nnc(-c2cccc(Oc3cccc(C(F)(F)F)c3)c2)s1. The Balaban J connectivity index is 1.53. The number of benzene rings is 3. The molecule has 3 aromatic carbocycles. The number of rotatable bonds is 6. The second-order valence-corrected chi connectivity index (χ2v) is 7.68. The number of ether oxygens (including phenoxy) is 1. The summed E-state index contributed by atoms with van der Waals surface area (Å²) in [7, 11) is 0. The minimum absolute atomic E-state index is 0.114. The molecule has 4 nitrogen and oxygen atoms in total. The monoisotopic (exact) mass is 441 g/mol. The molecule has 0 atom stereocenters. The normalized spacial score (nSPS) is 11.4. The molecule has 4 aromatic rings. The number of para-hydroxylation sites is 1. The van der Waals surface area contributed by atoms with Gasteiger partial charge in [-0.25, -0.2) is 0 Å². The number of halogens is 3. The van der Waals surface area contributed by atoms with Crippen LogP contribution in [-0.2, 0) is 12.6 Å². The van der Waals surface area contributed by atoms with Crippen molar-refractivity contribution in [3.8, 4) is 22.1 Å². The number of alkyl halides is 3. The largest absolute Gasteiger partial charge is 0.457 e. The Morgan fingerprint density at radius 1 is 0.903 bits per heavy atom. The average Bonchev–Trinajstić information content (AvgIpc) is 3.22. The highest BCUT2D eigenvalue weighted by atomic mass is 32.1. The number of hydrogen-bond donors (Lipinski definition) is 1. The third-order valence-corrected chi connectivity index (χ3v) is 5.43. The van der Waals surface area contributed by atoms with Crippen molar-refractivity contribution < 1.29 is 17.9 Å². The maximum absolute atomic E-state index is 12.9. The predicted octanol–water partition coefficient (Wildman–Crippen LogP) is 7.32. The van der Waals surface area contributed by atoms with Gasteiger partial charge in [-0.2, -0.15) is 13.2 Å². The van der Waals surface area contributed by atoms with E-state index in [1.54, 1.807) is 18.2 Å². The third kappa shape index (κ3) is 5.03. The van der Waals surface area contributed by atoms with Crippen LogP contribution in [0.2, 0.25) is 0 Å². The molecule has 0 fully saturated rings. The molecule has 0 aliphatic carbocycles. The summed E-state index contributed by atoms with van der Waals surface area (Å²) >= 11 is 1.38. The van der Waals surface area contributed by atoms with Crippen LogP contribution in [0.15, 0.2) is 72.8 Å². The average molecular weight is 441 g/mol. The van der Waals surface area contributed by atoms with Crippen LogP contribution >= 0.6 is 11.3 Å². The molecule has 0 radical (unpaired) electrons. The molecule has 0 unspecified atom stereocenters. The molecule has 8 heteroatoms. The smallest absolute Gasteiger partial charge is 0.416 e. The van der Waals surface area contributed by atoms with Crippen LogP contribution in [0.4, 0.5) is 24.0 Å². The van der Waals surface area contributed by atoms with E-state index in [1.807, 2.05) is 24.3 Å². The van der Waals surface area contributed by atoms with Crippen LogP contribution in [0.1, 0.15) is 18.1 Å². The van der Waals surface area contributed by atoms with Gasteiger partial charge in [-0.3, -0.25) is 0 Å². The maximum atomic E-state index is 12.9. The van der Waals surface area contributed by atoms with E-state index in [1.165, 1.54) is 29.0 Å². The molecule has 0 aliphatic heterocycles. The highest BCUT2D eigenvalue weighted by Gasteiger charge is 2.30. The number of aromatic nitrogens is 2. The van der Waals surface area contributed by atoms with E-state index in [4.69, 9.17) is 4.74 Å². The van der Waals surface area contributed by atoms with Gasteiger partial charge in [0, 0.05) is 11.3 Å². The molecular formula is C23H18F3N3OS. The molecule has 0 aliphatic rings. The Kier molecular flexibility index (Phi) is 5.90. The summed E-state index contributed by atoms with van der Waals surface area (Å²) in [6.45, 7) is 2.09. The van der Waals surface area contributed by atoms with E-state index in [-0.39, 0.29) is 5.75 Å². The predicted molar refractivity (Wildman–Crippen MR) is 116 cm³/mol. The molecule has 1 aromatic heterocycles. The molecule has 0 spiro atoms. The minimum Gasteiger partial charge on any atom is -0.457 e. The zero-order chi connectivity index (χ0) is 21.8. The van der Waals surface area contributed by atoms with Crippen molar-refractivity contribution in [3.63, 3.8) is 0 Å². The highest BCUT2D eigenvalue weighted by Crippen LogP contribution is 2.35. The number of hydrogen-bond acceptors (Lipinski definition) is 5. The van der Waals surface area contributed by atoms with Crippen molar-refractivity contribution in [2.45, 2.75) is 19.5 Å². The zero-order valence-corrected chi connectivity index (χ0v) is 17.3. The fraction of sp³-hybridized carbons (Fsp3) is 0.130. The number of aryl methyl sites for hydroxylation is 1. The van der Waals surface area contributed by atoms with Crippen LogP contribution in [0.25, 0.3) is 10.6 Å². The highest BCUT2D eigenvalue weighted by molar-refractivity contribution is 7.18. The summed E-state index contributed by atoms with van der Waals surface area (Å²) in [6.07, 6.45) is -3.53. The summed E-state index contributed by atoms with van der Waals surface area (Å²) in [5.74, 6) is 0.528. The zero-order valence-electron chi connectivity index (χ0n) is 16.5. The van der Waals surface area contributed by atoms with E-state index < -0.39 is 11.7 Å². The summed E-state index contributed by atoms with van der Waals surface area (Å²) in [5.41, 5.74) is 2.16. The summed E-state index contributed by atoms with van der Waals surface area (Å²) < 4.78 is 44.4. The van der Waals surface area contributed by atoms with Crippen LogP contribution in [0.5, 0.6) is 11.5 Å². The van der Waals surface area contributed by atoms with Gasteiger partial charge in [0.15, 0.2) is 0 Å². The van der Waals surface area contributed by atoms with E-state index in [9.17, 15) is 13.2 Å². The van der Waals surface area contributed by atoms with Gasteiger partial charge in [0.1, 0.15) is 16.5 Å². The lowest BCUT2D eigenvalue weighted by Crippen LogP contribution is -2.04. The number of nitrogens with one attached hydrogen (secondary N) is 1. The standard InChI is InChI=1S/C23H18F3N3OS/c1-2-15-7-3-4-12-20(15)27-22-29-28-21(31-22)16-8-5-10-18(13-16)30-19-11-6-9-17(14-19)23(24,25)26/h3-14H,2H2,1H3,(H,27,29). The first-order valence-corrected chi connectivity index (χ1v) is 10.4. The van der Waals surface area contributed by atoms with Crippen molar-refractivity contribution >= 4 is 22.2 Å². The van der Waals surface area contributed by atoms with Crippen LogP contribution in [-0.4, -0.2) is 10.2 Å². The van der Waals surface area contributed by atoms with Crippen LogP contribution < -0.4 is 10.1 Å². The summed E-state index contributed by atoms with van der Waals surface area (Å²) in [5, 5.41) is 13.1. The first-order valence-electron chi connectivity index (χ1n) is 9.56. The van der Waals surface area contributed by atoms with Crippen molar-refractivity contribution in [1.29, 1.82) is 0 Å². The van der Waals surface area contributed by atoms with Gasteiger partial charge in [-0.15, -0.1) is 10.2 Å². The molecule has 0 bridgehead atoms. The van der Waals surface area contributed by atoms with Crippen molar-refractivity contribution in [2.24, 2.45) is 0 Å². The van der Waals surface area contributed by atoms with Crippen molar-refractivity contribution in [2.75, 3.05) is 5.32 Å². The van der Waals surface area contributed by atoms with Crippen molar-refractivity contribution in [3.05, 3.63) is 83.9 Å².